The van der Waals surface area contributed by atoms with Crippen molar-refractivity contribution in [1.29, 1.82) is 5.26 Å². The van der Waals surface area contributed by atoms with E-state index in [1.807, 2.05) is 31.7 Å². The molecule has 1 N–H and O–H groups in total. The first-order valence-electron chi connectivity index (χ1n) is 15.4. The van der Waals surface area contributed by atoms with Crippen LogP contribution in [0.1, 0.15) is 47.4 Å². The molecular formula is C36H32ClFN6O3S. The number of anilines is 1. The van der Waals surface area contributed by atoms with Crippen LogP contribution >= 0.6 is 22.9 Å². The normalized spacial score (nSPS) is 13.8. The minimum Gasteiger partial charge on any atom is -0.478 e. The molecule has 5 heterocycles. The molecule has 1 saturated heterocycles. The minimum absolute atomic E-state index is 0.0709. The molecule has 0 radical (unpaired) electrons. The molecule has 1 fully saturated rings. The van der Waals surface area contributed by atoms with Crippen LogP contribution in [0.4, 0.5) is 10.2 Å². The number of hydrogen-bond acceptors (Lipinski definition) is 8. The van der Waals surface area contributed by atoms with E-state index in [1.54, 1.807) is 46.6 Å². The largest absolute Gasteiger partial charge is 0.478 e. The summed E-state index contributed by atoms with van der Waals surface area (Å²) in [7, 11) is 0. The molecule has 6 rings (SSSR count). The van der Waals surface area contributed by atoms with Gasteiger partial charge in [0.15, 0.2) is 0 Å². The van der Waals surface area contributed by atoms with Crippen molar-refractivity contribution in [2.75, 3.05) is 37.8 Å². The lowest BCUT2D eigenvalue weighted by atomic mass is 9.97. The fourth-order valence-corrected chi connectivity index (χ4v) is 7.47. The predicted octanol–water partition coefficient (Wildman–Crippen LogP) is 6.52. The van der Waals surface area contributed by atoms with E-state index in [0.29, 0.717) is 75.7 Å². The number of aromatic carboxylic acids is 1. The van der Waals surface area contributed by atoms with Crippen molar-refractivity contribution in [3.05, 3.63) is 85.9 Å². The molecule has 244 valence electrons. The van der Waals surface area contributed by atoms with E-state index in [0.717, 1.165) is 11.1 Å². The van der Waals surface area contributed by atoms with E-state index in [2.05, 4.69) is 32.8 Å². The Balaban J connectivity index is 1.34. The Bertz CT molecular complexity index is 2240. The van der Waals surface area contributed by atoms with Gasteiger partial charge in [-0.3, -0.25) is 19.1 Å². The molecule has 4 aromatic heterocycles. The number of rotatable bonds is 7. The number of alkyl halides is 1. The van der Waals surface area contributed by atoms with Crippen molar-refractivity contribution in [3.63, 3.8) is 0 Å². The average molecular weight is 683 g/mol. The summed E-state index contributed by atoms with van der Waals surface area (Å²) in [5.74, 6) is 5.74. The van der Waals surface area contributed by atoms with Gasteiger partial charge in [0, 0.05) is 82.3 Å². The van der Waals surface area contributed by atoms with Crippen LogP contribution in [-0.2, 0) is 6.54 Å². The third kappa shape index (κ3) is 6.13. The number of thiophene rings is 1. The maximum Gasteiger partial charge on any atom is 0.338 e. The second-order valence-electron chi connectivity index (χ2n) is 12.3. The van der Waals surface area contributed by atoms with Crippen LogP contribution in [0.25, 0.3) is 32.1 Å². The summed E-state index contributed by atoms with van der Waals surface area (Å²) in [6.45, 7) is 8.17. The molecule has 5 aromatic rings. The van der Waals surface area contributed by atoms with Gasteiger partial charge in [-0.25, -0.2) is 9.78 Å². The number of halogens is 2. The number of piperazine rings is 1. The Morgan fingerprint density at radius 3 is 2.62 bits per heavy atom. The van der Waals surface area contributed by atoms with E-state index in [-0.39, 0.29) is 35.4 Å². The Kier molecular flexibility index (Phi) is 9.22. The molecule has 0 bridgehead atoms. The monoisotopic (exact) mass is 682 g/mol. The highest BCUT2D eigenvalue weighted by molar-refractivity contribution is 7.18. The predicted molar refractivity (Wildman–Crippen MR) is 188 cm³/mol. The van der Waals surface area contributed by atoms with Gasteiger partial charge in [-0.05, 0) is 57.5 Å². The van der Waals surface area contributed by atoms with Gasteiger partial charge in [0.25, 0.3) is 5.56 Å². The zero-order valence-corrected chi connectivity index (χ0v) is 28.3. The zero-order valence-electron chi connectivity index (χ0n) is 26.7. The van der Waals surface area contributed by atoms with Crippen molar-refractivity contribution in [1.82, 2.24) is 19.4 Å². The second-order valence-corrected chi connectivity index (χ2v) is 13.6. The summed E-state index contributed by atoms with van der Waals surface area (Å²) in [6.07, 6.45) is 3.66. The first-order chi connectivity index (χ1) is 23.0. The third-order valence-electron chi connectivity index (χ3n) is 9.01. The zero-order chi connectivity index (χ0) is 34.2. The molecule has 0 amide bonds. The summed E-state index contributed by atoms with van der Waals surface area (Å²) in [5, 5.41) is 22.8. The number of pyridine rings is 3. The van der Waals surface area contributed by atoms with E-state index in [9.17, 15) is 24.3 Å². The summed E-state index contributed by atoms with van der Waals surface area (Å²) in [6, 6.07) is 11.2. The highest BCUT2D eigenvalue weighted by atomic mass is 35.5. The van der Waals surface area contributed by atoms with Gasteiger partial charge in [0.1, 0.15) is 17.5 Å². The van der Waals surface area contributed by atoms with Crippen molar-refractivity contribution in [2.45, 2.75) is 39.3 Å². The van der Waals surface area contributed by atoms with Crippen LogP contribution in [0, 0.1) is 30.1 Å². The van der Waals surface area contributed by atoms with Crippen LogP contribution in [0.5, 0.6) is 0 Å². The van der Waals surface area contributed by atoms with Crippen LogP contribution in [0.15, 0.2) is 52.9 Å². The van der Waals surface area contributed by atoms with Crippen LogP contribution < -0.4 is 10.5 Å². The van der Waals surface area contributed by atoms with E-state index in [4.69, 9.17) is 11.6 Å². The number of nitrogens with zero attached hydrogens (tertiary/aromatic N) is 6. The Hall–Kier alpha value is -4.81. The van der Waals surface area contributed by atoms with Gasteiger partial charge in [-0.1, -0.05) is 23.4 Å². The fourth-order valence-electron chi connectivity index (χ4n) is 6.27. The van der Waals surface area contributed by atoms with Gasteiger partial charge in [0.2, 0.25) is 0 Å². The number of carbonyl (C=O) groups is 1. The molecule has 0 aliphatic carbocycles. The van der Waals surface area contributed by atoms with Crippen LogP contribution in [0.2, 0.25) is 5.02 Å². The SMILES string of the molecule is Cc1cc2cnc(N3CCN(C(C)(C)CCF)CC3)c(C#N)c2c(=O)n1CC#Cc1ccc(Cl)cc1-c1ccnc2c(C(=O)O)csc12. The van der Waals surface area contributed by atoms with Crippen LogP contribution in [0.3, 0.4) is 0 Å². The molecule has 48 heavy (non-hydrogen) atoms. The minimum atomic E-state index is -1.05. The average Bonchev–Trinajstić information content (AvgIpc) is 3.51. The van der Waals surface area contributed by atoms with Crippen molar-refractivity contribution >= 4 is 55.7 Å². The van der Waals surface area contributed by atoms with E-state index in [1.165, 1.54) is 11.3 Å². The van der Waals surface area contributed by atoms with Gasteiger partial charge in [0.05, 0.1) is 34.4 Å². The number of aromatic nitrogens is 3. The molecule has 1 aliphatic heterocycles. The molecular weight excluding hydrogens is 651 g/mol. The number of carboxylic acids is 1. The molecule has 0 saturated carbocycles. The molecule has 0 spiro atoms. The highest BCUT2D eigenvalue weighted by Gasteiger charge is 2.31. The Labute approximate surface area is 285 Å². The van der Waals surface area contributed by atoms with Crippen molar-refractivity contribution in [2.24, 2.45) is 0 Å². The molecule has 12 heteroatoms. The first kappa shape index (κ1) is 33.1. The number of hydrogen-bond donors (Lipinski definition) is 1. The van der Waals surface area contributed by atoms with Crippen molar-refractivity contribution in [3.8, 4) is 29.0 Å². The molecule has 1 aromatic carbocycles. The quantitative estimate of drug-likeness (QED) is 0.193. The smallest absolute Gasteiger partial charge is 0.338 e. The van der Waals surface area contributed by atoms with Crippen molar-refractivity contribution < 1.29 is 14.3 Å². The second kappa shape index (κ2) is 13.4. The number of fused-ring (bicyclic) bond motifs is 2. The highest BCUT2D eigenvalue weighted by Crippen LogP contribution is 2.36. The number of aryl methyl sites for hydroxylation is 1. The summed E-state index contributed by atoms with van der Waals surface area (Å²) < 4.78 is 15.4. The first-order valence-corrected chi connectivity index (χ1v) is 16.7. The van der Waals surface area contributed by atoms with E-state index >= 15 is 0 Å². The van der Waals surface area contributed by atoms with Gasteiger partial charge in [-0.2, -0.15) is 5.26 Å². The molecule has 0 unspecified atom stereocenters. The van der Waals surface area contributed by atoms with Gasteiger partial charge >= 0.3 is 5.97 Å². The lowest BCUT2D eigenvalue weighted by molar-refractivity contribution is 0.0699. The van der Waals surface area contributed by atoms with Gasteiger partial charge in [-0.15, -0.1) is 11.3 Å². The maximum atomic E-state index is 14.0. The third-order valence-corrected chi connectivity index (χ3v) is 10.2. The maximum absolute atomic E-state index is 14.0. The number of benzene rings is 1. The Morgan fingerprint density at radius 1 is 1.15 bits per heavy atom. The topological polar surface area (TPSA) is 115 Å². The van der Waals surface area contributed by atoms with Gasteiger partial charge < -0.3 is 14.6 Å². The molecule has 0 atom stereocenters. The standard InChI is InChI=1S/C36H32ClFN6O3S/c1-22-17-24-20-41-33(42-13-15-43(16-14-42)36(2,3)9-10-38)28(19-39)30(24)34(45)44(22)12-4-5-23-6-7-25(37)18-27(23)26-8-11-40-31-29(35(46)47)21-48-32(26)31/h6-8,11,17-18,20-21H,9-10,12-16H2,1-3H3,(H,46,47). The number of nitriles is 1. The summed E-state index contributed by atoms with van der Waals surface area (Å²) in [4.78, 5) is 38.9. The lowest BCUT2D eigenvalue weighted by Gasteiger charge is -2.44. The molecule has 9 nitrogen and oxygen atoms in total. The fraction of sp³-hybridized carbons (Fsp3) is 0.306. The Morgan fingerprint density at radius 2 is 1.92 bits per heavy atom. The lowest BCUT2D eigenvalue weighted by Crippen LogP contribution is -2.55. The number of carboxylic acid groups (broad SMARTS) is 1. The van der Waals surface area contributed by atoms with Crippen LogP contribution in [-0.4, -0.2) is 68.9 Å². The summed E-state index contributed by atoms with van der Waals surface area (Å²) >= 11 is 7.68. The van der Waals surface area contributed by atoms with E-state index < -0.39 is 5.97 Å². The summed E-state index contributed by atoms with van der Waals surface area (Å²) in [5.41, 5.74) is 2.97. The molecule has 1 aliphatic rings.